The summed E-state index contributed by atoms with van der Waals surface area (Å²) in [6, 6.07) is 6.44. The Morgan fingerprint density at radius 1 is 1.27 bits per heavy atom. The molecular weight excluding hydrogens is 367 g/mol. The van der Waals surface area contributed by atoms with Gasteiger partial charge in [0.2, 0.25) is 0 Å². The van der Waals surface area contributed by atoms with E-state index >= 15 is 0 Å². The zero-order valence-electron chi connectivity index (χ0n) is 14.2. The van der Waals surface area contributed by atoms with Crippen molar-refractivity contribution in [3.05, 3.63) is 52.3 Å². The van der Waals surface area contributed by atoms with Gasteiger partial charge in [-0.3, -0.25) is 0 Å². The normalized spacial score (nSPS) is 12.0. The van der Waals surface area contributed by atoms with Crippen LogP contribution in [0.15, 0.2) is 30.5 Å². The van der Waals surface area contributed by atoms with Gasteiger partial charge in [0.1, 0.15) is 5.75 Å². The second-order valence-corrected chi connectivity index (χ2v) is 6.32. The molecule has 2 heterocycles. The second-order valence-electron chi connectivity index (χ2n) is 5.92. The topological polar surface area (TPSA) is 52.5 Å². The molecule has 26 heavy (non-hydrogen) atoms. The fourth-order valence-corrected chi connectivity index (χ4v) is 3.16. The summed E-state index contributed by atoms with van der Waals surface area (Å²) in [4.78, 5) is 4.50. The third-order valence-electron chi connectivity index (χ3n) is 4.09. The van der Waals surface area contributed by atoms with Crippen LogP contribution in [0.5, 0.6) is 5.75 Å². The van der Waals surface area contributed by atoms with E-state index in [4.69, 9.17) is 22.1 Å². The van der Waals surface area contributed by atoms with Crippen molar-refractivity contribution in [1.29, 1.82) is 0 Å². The van der Waals surface area contributed by atoms with Gasteiger partial charge in [-0.2, -0.15) is 13.2 Å². The van der Waals surface area contributed by atoms with Gasteiger partial charge in [-0.15, -0.1) is 0 Å². The molecule has 0 aliphatic rings. The third-order valence-corrected chi connectivity index (χ3v) is 4.37. The molecule has 0 radical (unpaired) electrons. The summed E-state index contributed by atoms with van der Waals surface area (Å²) in [5.41, 5.74) is 7.83. The van der Waals surface area contributed by atoms with Crippen LogP contribution in [-0.2, 0) is 12.6 Å². The Kier molecular flexibility index (Phi) is 4.86. The minimum Gasteiger partial charge on any atom is -0.496 e. The average molecular weight is 384 g/mol. The standard InChI is InChI=1S/C18H17ClF3N3O/c1-10-3-4-15(26-2)12(7-10)16-14(5-6-23)25-9-11(18(20,21)22)8-13(19)17(25)24-16/h3-4,7-9H,5-6,23H2,1-2H3. The molecule has 0 amide bonds. The molecule has 0 fully saturated rings. The molecule has 2 aromatic heterocycles. The number of hydrogen-bond acceptors (Lipinski definition) is 3. The van der Waals surface area contributed by atoms with Crippen molar-refractivity contribution in [3.63, 3.8) is 0 Å². The predicted octanol–water partition coefficient (Wildman–Crippen LogP) is 4.49. The van der Waals surface area contributed by atoms with Gasteiger partial charge in [0.25, 0.3) is 0 Å². The quantitative estimate of drug-likeness (QED) is 0.722. The van der Waals surface area contributed by atoms with Crippen LogP contribution >= 0.6 is 11.6 Å². The highest BCUT2D eigenvalue weighted by atomic mass is 35.5. The smallest absolute Gasteiger partial charge is 0.417 e. The van der Waals surface area contributed by atoms with Crippen molar-refractivity contribution in [2.45, 2.75) is 19.5 Å². The summed E-state index contributed by atoms with van der Waals surface area (Å²) in [7, 11) is 1.53. The Hall–Kier alpha value is -2.25. The molecule has 1 aromatic carbocycles. The van der Waals surface area contributed by atoms with E-state index in [-0.39, 0.29) is 17.2 Å². The van der Waals surface area contributed by atoms with Gasteiger partial charge in [0.15, 0.2) is 5.65 Å². The van der Waals surface area contributed by atoms with E-state index in [1.807, 2.05) is 19.1 Å². The molecule has 0 atom stereocenters. The summed E-state index contributed by atoms with van der Waals surface area (Å²) in [5.74, 6) is 0.574. The first-order chi connectivity index (χ1) is 12.3. The van der Waals surface area contributed by atoms with Gasteiger partial charge >= 0.3 is 6.18 Å². The molecule has 0 spiro atoms. The van der Waals surface area contributed by atoms with Crippen molar-refractivity contribution in [2.75, 3.05) is 13.7 Å². The number of nitrogens with zero attached hydrogens (tertiary/aromatic N) is 2. The fraction of sp³-hybridized carbons (Fsp3) is 0.278. The third kappa shape index (κ3) is 3.24. The molecule has 3 aromatic rings. The first-order valence-corrected chi connectivity index (χ1v) is 8.26. The molecule has 0 unspecified atom stereocenters. The van der Waals surface area contributed by atoms with Crippen molar-refractivity contribution in [2.24, 2.45) is 5.73 Å². The van der Waals surface area contributed by atoms with Gasteiger partial charge in [-0.25, -0.2) is 4.98 Å². The van der Waals surface area contributed by atoms with Gasteiger partial charge in [-0.1, -0.05) is 23.2 Å². The highest BCUT2D eigenvalue weighted by Gasteiger charge is 2.32. The van der Waals surface area contributed by atoms with E-state index in [0.717, 1.165) is 17.8 Å². The molecular formula is C18H17ClF3N3O. The van der Waals surface area contributed by atoms with E-state index < -0.39 is 11.7 Å². The number of ether oxygens (including phenoxy) is 1. The van der Waals surface area contributed by atoms with Crippen molar-refractivity contribution in [1.82, 2.24) is 9.38 Å². The predicted molar refractivity (Wildman–Crippen MR) is 94.7 cm³/mol. The van der Waals surface area contributed by atoms with Crippen molar-refractivity contribution in [3.8, 4) is 17.0 Å². The van der Waals surface area contributed by atoms with E-state index in [1.54, 1.807) is 6.07 Å². The largest absolute Gasteiger partial charge is 0.496 e. The summed E-state index contributed by atoms with van der Waals surface area (Å²) in [6.07, 6.45) is -3.17. The molecule has 2 N–H and O–H groups in total. The first kappa shape index (κ1) is 18.5. The monoisotopic (exact) mass is 383 g/mol. The maximum Gasteiger partial charge on any atom is 0.417 e. The molecule has 0 saturated heterocycles. The van der Waals surface area contributed by atoms with Crippen LogP contribution in [0, 0.1) is 6.92 Å². The lowest BCUT2D eigenvalue weighted by Crippen LogP contribution is -2.10. The Labute approximate surface area is 153 Å². The number of nitrogens with two attached hydrogens (primary N) is 1. The van der Waals surface area contributed by atoms with E-state index in [9.17, 15) is 13.2 Å². The lowest BCUT2D eigenvalue weighted by molar-refractivity contribution is -0.137. The summed E-state index contributed by atoms with van der Waals surface area (Å²) in [6.45, 7) is 2.17. The molecule has 138 valence electrons. The zero-order valence-corrected chi connectivity index (χ0v) is 14.9. The highest BCUT2D eigenvalue weighted by molar-refractivity contribution is 6.33. The zero-order chi connectivity index (χ0) is 19.1. The molecule has 8 heteroatoms. The van der Waals surface area contributed by atoms with Crippen LogP contribution in [0.3, 0.4) is 0 Å². The Morgan fingerprint density at radius 3 is 2.62 bits per heavy atom. The number of halogens is 4. The van der Waals surface area contributed by atoms with Gasteiger partial charge in [0, 0.05) is 18.2 Å². The number of benzene rings is 1. The van der Waals surface area contributed by atoms with E-state index in [2.05, 4.69) is 4.98 Å². The van der Waals surface area contributed by atoms with Crippen molar-refractivity contribution < 1.29 is 17.9 Å². The summed E-state index contributed by atoms with van der Waals surface area (Å²) < 4.78 is 46.3. The summed E-state index contributed by atoms with van der Waals surface area (Å²) >= 11 is 6.10. The second kappa shape index (κ2) is 6.81. The molecule has 0 aliphatic carbocycles. The Balaban J connectivity index is 2.35. The maximum atomic E-state index is 13.2. The number of aromatic nitrogens is 2. The number of alkyl halides is 3. The average Bonchev–Trinajstić information content (AvgIpc) is 2.94. The van der Waals surface area contributed by atoms with E-state index in [1.165, 1.54) is 11.5 Å². The number of hydrogen-bond donors (Lipinski definition) is 1. The van der Waals surface area contributed by atoms with Crippen LogP contribution in [0.4, 0.5) is 13.2 Å². The number of methoxy groups -OCH3 is 1. The van der Waals surface area contributed by atoms with Crippen molar-refractivity contribution >= 4 is 17.2 Å². The lowest BCUT2D eigenvalue weighted by Gasteiger charge is -2.11. The number of rotatable bonds is 4. The van der Waals surface area contributed by atoms with E-state index in [0.29, 0.717) is 29.1 Å². The number of fused-ring (bicyclic) bond motifs is 1. The molecule has 3 rings (SSSR count). The molecule has 0 bridgehead atoms. The molecule has 0 saturated carbocycles. The number of pyridine rings is 1. The minimum absolute atomic E-state index is 0.0732. The lowest BCUT2D eigenvalue weighted by atomic mass is 10.0. The maximum absolute atomic E-state index is 13.2. The Bertz CT molecular complexity index is 966. The van der Waals surface area contributed by atoms with Crippen LogP contribution in [0.2, 0.25) is 5.02 Å². The van der Waals surface area contributed by atoms with Gasteiger partial charge < -0.3 is 14.9 Å². The van der Waals surface area contributed by atoms with Crippen LogP contribution in [0.25, 0.3) is 16.9 Å². The minimum atomic E-state index is -4.51. The van der Waals surface area contributed by atoms with Crippen LogP contribution in [-0.4, -0.2) is 23.0 Å². The molecule has 0 aliphatic heterocycles. The Morgan fingerprint density at radius 2 is 2.00 bits per heavy atom. The fourth-order valence-electron chi connectivity index (χ4n) is 2.90. The van der Waals surface area contributed by atoms with Gasteiger partial charge in [-0.05, 0) is 31.7 Å². The molecule has 4 nitrogen and oxygen atoms in total. The number of aryl methyl sites for hydroxylation is 1. The van der Waals surface area contributed by atoms with Crippen LogP contribution < -0.4 is 10.5 Å². The highest BCUT2D eigenvalue weighted by Crippen LogP contribution is 2.37. The van der Waals surface area contributed by atoms with Crippen LogP contribution in [0.1, 0.15) is 16.8 Å². The van der Waals surface area contributed by atoms with Gasteiger partial charge in [0.05, 0.1) is 29.1 Å². The summed E-state index contributed by atoms with van der Waals surface area (Å²) in [5, 5.41) is -0.0732. The first-order valence-electron chi connectivity index (χ1n) is 7.89. The number of imidazole rings is 1. The SMILES string of the molecule is COc1ccc(C)cc1-c1nc2c(Cl)cc(C(F)(F)F)cn2c1CCN.